The van der Waals surface area contributed by atoms with Gasteiger partial charge in [-0.2, -0.15) is 0 Å². The summed E-state index contributed by atoms with van der Waals surface area (Å²) >= 11 is 3.45. The van der Waals surface area contributed by atoms with Crippen LogP contribution in [0.1, 0.15) is 17.0 Å². The van der Waals surface area contributed by atoms with E-state index >= 15 is 0 Å². The van der Waals surface area contributed by atoms with Gasteiger partial charge in [0.05, 0.1) is 5.56 Å². The standard InChI is InChI=1S/C12H12BrN3O/c1-7-11(14)15-10(16-12(7)17)6-8-4-2-3-5-9(8)13/h2-5H,6H2,1H3,(H3,14,15,16,17). The first-order valence-electron chi connectivity index (χ1n) is 5.16. The molecule has 2 rings (SSSR count). The zero-order valence-electron chi connectivity index (χ0n) is 9.33. The summed E-state index contributed by atoms with van der Waals surface area (Å²) in [7, 11) is 0. The number of aromatic amines is 1. The summed E-state index contributed by atoms with van der Waals surface area (Å²) in [5, 5.41) is 0. The van der Waals surface area contributed by atoms with Crippen LogP contribution >= 0.6 is 15.9 Å². The summed E-state index contributed by atoms with van der Waals surface area (Å²) in [6, 6.07) is 7.80. The molecule has 1 heterocycles. The highest BCUT2D eigenvalue weighted by Gasteiger charge is 2.06. The molecule has 0 atom stereocenters. The minimum absolute atomic E-state index is 0.181. The Balaban J connectivity index is 2.38. The first-order valence-corrected chi connectivity index (χ1v) is 5.96. The number of anilines is 1. The van der Waals surface area contributed by atoms with Gasteiger partial charge in [0, 0.05) is 10.9 Å². The van der Waals surface area contributed by atoms with E-state index in [0.717, 1.165) is 10.0 Å². The van der Waals surface area contributed by atoms with E-state index in [1.807, 2.05) is 24.3 Å². The molecule has 2 aromatic rings. The highest BCUT2D eigenvalue weighted by atomic mass is 79.9. The van der Waals surface area contributed by atoms with Crippen molar-refractivity contribution in [1.29, 1.82) is 0 Å². The Morgan fingerprint density at radius 2 is 2.12 bits per heavy atom. The van der Waals surface area contributed by atoms with Crippen LogP contribution in [0, 0.1) is 6.92 Å². The Labute approximate surface area is 107 Å². The summed E-state index contributed by atoms with van der Waals surface area (Å²) in [4.78, 5) is 18.4. The fourth-order valence-corrected chi connectivity index (χ4v) is 1.93. The molecule has 0 aliphatic rings. The molecule has 1 aromatic carbocycles. The fraction of sp³-hybridized carbons (Fsp3) is 0.167. The van der Waals surface area contributed by atoms with Crippen molar-refractivity contribution in [2.75, 3.05) is 5.73 Å². The van der Waals surface area contributed by atoms with Crippen molar-refractivity contribution in [2.24, 2.45) is 0 Å². The Hall–Kier alpha value is -1.62. The second kappa shape index (κ2) is 4.71. The van der Waals surface area contributed by atoms with Crippen LogP contribution in [0.5, 0.6) is 0 Å². The van der Waals surface area contributed by atoms with E-state index in [9.17, 15) is 4.79 Å². The molecule has 4 nitrogen and oxygen atoms in total. The van der Waals surface area contributed by atoms with Crippen molar-refractivity contribution >= 4 is 21.7 Å². The van der Waals surface area contributed by atoms with Crippen molar-refractivity contribution in [2.45, 2.75) is 13.3 Å². The molecule has 3 N–H and O–H groups in total. The van der Waals surface area contributed by atoms with Crippen molar-refractivity contribution < 1.29 is 0 Å². The summed E-state index contributed by atoms with van der Waals surface area (Å²) < 4.78 is 0.988. The number of halogens is 1. The number of H-pyrrole nitrogens is 1. The van der Waals surface area contributed by atoms with E-state index in [1.54, 1.807) is 6.92 Å². The molecule has 0 saturated heterocycles. The van der Waals surface area contributed by atoms with E-state index in [0.29, 0.717) is 17.8 Å². The largest absolute Gasteiger partial charge is 0.383 e. The molecule has 0 aliphatic heterocycles. The fourth-order valence-electron chi connectivity index (χ4n) is 1.50. The highest BCUT2D eigenvalue weighted by Crippen LogP contribution is 2.18. The normalized spacial score (nSPS) is 10.5. The van der Waals surface area contributed by atoms with Crippen LogP contribution < -0.4 is 11.3 Å². The van der Waals surface area contributed by atoms with Gasteiger partial charge in [0.25, 0.3) is 5.56 Å². The minimum Gasteiger partial charge on any atom is -0.383 e. The van der Waals surface area contributed by atoms with E-state index in [4.69, 9.17) is 5.73 Å². The molecule has 0 spiro atoms. The van der Waals surface area contributed by atoms with Crippen LogP contribution in [0.25, 0.3) is 0 Å². The molecule has 0 fully saturated rings. The predicted octanol–water partition coefficient (Wildman–Crippen LogP) is 2.01. The van der Waals surface area contributed by atoms with Crippen LogP contribution in [0.4, 0.5) is 5.82 Å². The van der Waals surface area contributed by atoms with Gasteiger partial charge in [-0.05, 0) is 18.6 Å². The third-order valence-corrected chi connectivity index (χ3v) is 3.33. The third kappa shape index (κ3) is 2.55. The molecule has 5 heteroatoms. The van der Waals surface area contributed by atoms with Crippen molar-refractivity contribution in [3.8, 4) is 0 Å². The van der Waals surface area contributed by atoms with Crippen molar-refractivity contribution in [3.05, 3.63) is 56.0 Å². The maximum atomic E-state index is 11.5. The van der Waals surface area contributed by atoms with Gasteiger partial charge >= 0.3 is 0 Å². The quantitative estimate of drug-likeness (QED) is 0.890. The second-order valence-corrected chi connectivity index (χ2v) is 4.65. The molecule has 88 valence electrons. The van der Waals surface area contributed by atoms with Gasteiger partial charge in [-0.1, -0.05) is 34.1 Å². The Morgan fingerprint density at radius 3 is 2.76 bits per heavy atom. The van der Waals surface area contributed by atoms with Crippen molar-refractivity contribution in [3.63, 3.8) is 0 Å². The molecule has 17 heavy (non-hydrogen) atoms. The van der Waals surface area contributed by atoms with Crippen LogP contribution in [0.2, 0.25) is 0 Å². The van der Waals surface area contributed by atoms with Gasteiger partial charge in [-0.3, -0.25) is 4.79 Å². The summed E-state index contributed by atoms with van der Waals surface area (Å²) in [6.45, 7) is 1.66. The molecule has 0 bridgehead atoms. The molecule has 0 radical (unpaired) electrons. The Kier molecular flexibility index (Phi) is 3.28. The molecule has 1 aromatic heterocycles. The third-order valence-electron chi connectivity index (χ3n) is 2.55. The number of nitrogen functional groups attached to an aromatic ring is 1. The van der Waals surface area contributed by atoms with Crippen LogP contribution in [0.3, 0.4) is 0 Å². The van der Waals surface area contributed by atoms with E-state index in [2.05, 4.69) is 25.9 Å². The van der Waals surface area contributed by atoms with Crippen LogP contribution in [-0.2, 0) is 6.42 Å². The lowest BCUT2D eigenvalue weighted by Gasteiger charge is -2.05. The molecular weight excluding hydrogens is 282 g/mol. The maximum absolute atomic E-state index is 11.5. The van der Waals surface area contributed by atoms with E-state index < -0.39 is 0 Å². The average Bonchev–Trinajstić information content (AvgIpc) is 2.29. The van der Waals surface area contributed by atoms with Crippen LogP contribution in [0.15, 0.2) is 33.5 Å². The predicted molar refractivity (Wildman–Crippen MR) is 71.0 cm³/mol. The van der Waals surface area contributed by atoms with Gasteiger partial charge in [0.1, 0.15) is 11.6 Å². The molecule has 0 unspecified atom stereocenters. The average molecular weight is 294 g/mol. The molecule has 0 amide bonds. The SMILES string of the molecule is Cc1c(N)nc(Cc2ccccc2Br)[nH]c1=O. The number of rotatable bonds is 2. The number of aromatic nitrogens is 2. The highest BCUT2D eigenvalue weighted by molar-refractivity contribution is 9.10. The van der Waals surface area contributed by atoms with Gasteiger partial charge in [-0.15, -0.1) is 0 Å². The van der Waals surface area contributed by atoms with Gasteiger partial charge in [0.2, 0.25) is 0 Å². The number of hydrogen-bond acceptors (Lipinski definition) is 3. The lowest BCUT2D eigenvalue weighted by molar-refractivity contribution is 0.935. The lowest BCUT2D eigenvalue weighted by atomic mass is 10.1. The molecule has 0 aliphatic carbocycles. The Morgan fingerprint density at radius 1 is 1.41 bits per heavy atom. The lowest BCUT2D eigenvalue weighted by Crippen LogP contribution is -2.17. The number of nitrogens with zero attached hydrogens (tertiary/aromatic N) is 1. The van der Waals surface area contributed by atoms with Gasteiger partial charge in [-0.25, -0.2) is 4.98 Å². The monoisotopic (exact) mass is 293 g/mol. The topological polar surface area (TPSA) is 71.8 Å². The zero-order chi connectivity index (χ0) is 12.4. The smallest absolute Gasteiger partial charge is 0.255 e. The molecular formula is C12H12BrN3O. The van der Waals surface area contributed by atoms with Gasteiger partial charge < -0.3 is 10.7 Å². The number of nitrogens with one attached hydrogen (secondary N) is 1. The number of hydrogen-bond donors (Lipinski definition) is 2. The Bertz CT molecular complexity index is 607. The summed E-state index contributed by atoms with van der Waals surface area (Å²) in [6.07, 6.45) is 0.543. The second-order valence-electron chi connectivity index (χ2n) is 3.79. The number of benzene rings is 1. The van der Waals surface area contributed by atoms with Crippen molar-refractivity contribution in [1.82, 2.24) is 9.97 Å². The van der Waals surface area contributed by atoms with Crippen LogP contribution in [-0.4, -0.2) is 9.97 Å². The minimum atomic E-state index is -0.181. The first-order chi connectivity index (χ1) is 8.08. The summed E-state index contributed by atoms with van der Waals surface area (Å²) in [5.74, 6) is 0.862. The van der Waals surface area contributed by atoms with Gasteiger partial charge in [0.15, 0.2) is 0 Å². The number of nitrogens with two attached hydrogens (primary N) is 1. The summed E-state index contributed by atoms with van der Waals surface area (Å²) in [5.41, 5.74) is 7.00. The van der Waals surface area contributed by atoms with E-state index in [-0.39, 0.29) is 11.4 Å². The molecule has 0 saturated carbocycles. The van der Waals surface area contributed by atoms with E-state index in [1.165, 1.54) is 0 Å². The first kappa shape index (κ1) is 11.9. The zero-order valence-corrected chi connectivity index (χ0v) is 10.9. The maximum Gasteiger partial charge on any atom is 0.255 e.